The highest BCUT2D eigenvalue weighted by Gasteiger charge is 2.15. The van der Waals surface area contributed by atoms with Gasteiger partial charge in [-0.2, -0.15) is 0 Å². The number of hydrogen-bond acceptors (Lipinski definition) is 1. The molecule has 0 amide bonds. The predicted molar refractivity (Wildman–Crippen MR) is 56.6 cm³/mol. The molecule has 0 spiro atoms. The van der Waals surface area contributed by atoms with Gasteiger partial charge in [-0.15, -0.1) is 0 Å². The quantitative estimate of drug-likeness (QED) is 0.506. The smallest absolute Gasteiger partial charge is 0.111 e. The fourth-order valence-corrected chi connectivity index (χ4v) is 1.81. The van der Waals surface area contributed by atoms with Crippen LogP contribution in [0.3, 0.4) is 0 Å². The Kier molecular flexibility index (Phi) is 4.07. The maximum Gasteiger partial charge on any atom is 0.111 e. The summed E-state index contributed by atoms with van der Waals surface area (Å²) in [6, 6.07) is 0. The third-order valence-electron chi connectivity index (χ3n) is 2.90. The lowest BCUT2D eigenvalue weighted by molar-refractivity contribution is 0.329. The fourth-order valence-electron chi connectivity index (χ4n) is 1.81. The standard InChI is InChI=1S/C12H20O/c1-3-12(13)9-8-11-6-4-10(2)5-7-11/h3,8-11,13H,4-7H2,1-2H3/b9-8?,12-3+. The second-order valence-electron chi connectivity index (χ2n) is 4.09. The number of aliphatic hydroxyl groups is 1. The maximum absolute atomic E-state index is 9.21. The molecule has 0 saturated heterocycles. The van der Waals surface area contributed by atoms with Gasteiger partial charge in [-0.05, 0) is 43.8 Å². The molecule has 1 saturated carbocycles. The molecule has 0 aliphatic heterocycles. The highest BCUT2D eigenvalue weighted by atomic mass is 16.3. The average molecular weight is 180 g/mol. The van der Waals surface area contributed by atoms with Crippen molar-refractivity contribution >= 4 is 0 Å². The Morgan fingerprint density at radius 2 is 1.85 bits per heavy atom. The van der Waals surface area contributed by atoms with Crippen LogP contribution in [0.4, 0.5) is 0 Å². The molecule has 0 aromatic rings. The van der Waals surface area contributed by atoms with Crippen LogP contribution in [0.25, 0.3) is 0 Å². The Morgan fingerprint density at radius 3 is 2.38 bits per heavy atom. The van der Waals surface area contributed by atoms with Crippen LogP contribution in [-0.2, 0) is 0 Å². The minimum absolute atomic E-state index is 0.388. The van der Waals surface area contributed by atoms with Gasteiger partial charge >= 0.3 is 0 Å². The first kappa shape index (κ1) is 10.4. The first-order valence-electron chi connectivity index (χ1n) is 5.26. The monoisotopic (exact) mass is 180 g/mol. The van der Waals surface area contributed by atoms with Crippen molar-refractivity contribution in [3.8, 4) is 0 Å². The van der Waals surface area contributed by atoms with Gasteiger partial charge in [0.05, 0.1) is 0 Å². The summed E-state index contributed by atoms with van der Waals surface area (Å²) in [5.74, 6) is 1.98. The average Bonchev–Trinajstić information content (AvgIpc) is 2.16. The molecule has 1 aliphatic rings. The van der Waals surface area contributed by atoms with E-state index < -0.39 is 0 Å². The van der Waals surface area contributed by atoms with Crippen LogP contribution in [0.1, 0.15) is 39.5 Å². The molecule has 1 rings (SSSR count). The Bertz CT molecular complexity index is 195. The first-order chi connectivity index (χ1) is 6.22. The molecule has 0 heterocycles. The van der Waals surface area contributed by atoms with E-state index in [2.05, 4.69) is 13.0 Å². The molecule has 0 bridgehead atoms. The minimum atomic E-state index is 0.388. The second kappa shape index (κ2) is 5.11. The molecule has 0 radical (unpaired) electrons. The van der Waals surface area contributed by atoms with Crippen LogP contribution < -0.4 is 0 Å². The molecule has 1 heteroatoms. The summed E-state index contributed by atoms with van der Waals surface area (Å²) in [6.45, 7) is 4.17. The maximum atomic E-state index is 9.21. The molecule has 1 fully saturated rings. The zero-order chi connectivity index (χ0) is 9.68. The van der Waals surface area contributed by atoms with Crippen molar-refractivity contribution in [2.75, 3.05) is 0 Å². The Balaban J connectivity index is 2.34. The zero-order valence-corrected chi connectivity index (χ0v) is 8.66. The number of aliphatic hydroxyl groups excluding tert-OH is 1. The summed E-state index contributed by atoms with van der Waals surface area (Å²) in [6.07, 6.45) is 11.0. The molecule has 0 atom stereocenters. The summed E-state index contributed by atoms with van der Waals surface area (Å²) < 4.78 is 0. The molecule has 0 aromatic carbocycles. The molecule has 1 aliphatic carbocycles. The summed E-state index contributed by atoms with van der Waals surface area (Å²) in [5.41, 5.74) is 0. The normalized spacial score (nSPS) is 31.1. The molecule has 1 N–H and O–H groups in total. The number of hydrogen-bond donors (Lipinski definition) is 1. The van der Waals surface area contributed by atoms with Crippen molar-refractivity contribution in [1.82, 2.24) is 0 Å². The SMILES string of the molecule is C/C=C(/O)C=CC1CCC(C)CC1. The van der Waals surface area contributed by atoms with E-state index in [4.69, 9.17) is 0 Å². The van der Waals surface area contributed by atoms with Crippen molar-refractivity contribution in [3.05, 3.63) is 24.0 Å². The Morgan fingerprint density at radius 1 is 1.23 bits per heavy atom. The largest absolute Gasteiger partial charge is 0.508 e. The number of allylic oxidation sites excluding steroid dienone is 3. The highest BCUT2D eigenvalue weighted by Crippen LogP contribution is 2.29. The third-order valence-corrected chi connectivity index (χ3v) is 2.90. The van der Waals surface area contributed by atoms with Gasteiger partial charge in [-0.3, -0.25) is 0 Å². The van der Waals surface area contributed by atoms with Crippen molar-refractivity contribution in [2.24, 2.45) is 11.8 Å². The third kappa shape index (κ3) is 3.67. The van der Waals surface area contributed by atoms with Crippen LogP contribution in [0, 0.1) is 11.8 Å². The van der Waals surface area contributed by atoms with Crippen molar-refractivity contribution < 1.29 is 5.11 Å². The van der Waals surface area contributed by atoms with Crippen LogP contribution >= 0.6 is 0 Å². The molecule has 1 nitrogen and oxygen atoms in total. The highest BCUT2D eigenvalue weighted by molar-refractivity contribution is 5.10. The lowest BCUT2D eigenvalue weighted by atomic mass is 9.83. The summed E-state index contributed by atoms with van der Waals surface area (Å²) in [7, 11) is 0. The van der Waals surface area contributed by atoms with Gasteiger partial charge in [0.15, 0.2) is 0 Å². The van der Waals surface area contributed by atoms with E-state index in [0.29, 0.717) is 11.7 Å². The van der Waals surface area contributed by atoms with Crippen LogP contribution in [0.15, 0.2) is 24.0 Å². The molecule has 0 unspecified atom stereocenters. The fraction of sp³-hybridized carbons (Fsp3) is 0.667. The summed E-state index contributed by atoms with van der Waals surface area (Å²) >= 11 is 0. The van der Waals surface area contributed by atoms with Gasteiger partial charge in [-0.1, -0.05) is 25.8 Å². The van der Waals surface area contributed by atoms with E-state index in [9.17, 15) is 5.11 Å². The van der Waals surface area contributed by atoms with Gasteiger partial charge in [0, 0.05) is 0 Å². The van der Waals surface area contributed by atoms with E-state index in [0.717, 1.165) is 5.92 Å². The molecule has 74 valence electrons. The Hall–Kier alpha value is -0.720. The van der Waals surface area contributed by atoms with Gasteiger partial charge in [-0.25, -0.2) is 0 Å². The summed E-state index contributed by atoms with van der Waals surface area (Å²) in [4.78, 5) is 0. The van der Waals surface area contributed by atoms with Crippen LogP contribution in [0.2, 0.25) is 0 Å². The zero-order valence-electron chi connectivity index (χ0n) is 8.66. The van der Waals surface area contributed by atoms with Crippen molar-refractivity contribution in [3.63, 3.8) is 0 Å². The van der Waals surface area contributed by atoms with Crippen molar-refractivity contribution in [1.29, 1.82) is 0 Å². The van der Waals surface area contributed by atoms with E-state index >= 15 is 0 Å². The predicted octanol–water partition coefficient (Wildman–Crippen LogP) is 3.83. The Labute approximate surface area is 81.2 Å². The van der Waals surface area contributed by atoms with E-state index in [-0.39, 0.29) is 0 Å². The molecular weight excluding hydrogens is 160 g/mol. The van der Waals surface area contributed by atoms with Crippen LogP contribution in [0.5, 0.6) is 0 Å². The van der Waals surface area contributed by atoms with Crippen molar-refractivity contribution in [2.45, 2.75) is 39.5 Å². The first-order valence-corrected chi connectivity index (χ1v) is 5.26. The lowest BCUT2D eigenvalue weighted by Gasteiger charge is -2.23. The molecule has 13 heavy (non-hydrogen) atoms. The minimum Gasteiger partial charge on any atom is -0.508 e. The van der Waals surface area contributed by atoms with Crippen LogP contribution in [-0.4, -0.2) is 5.11 Å². The van der Waals surface area contributed by atoms with Gasteiger partial charge < -0.3 is 5.11 Å². The van der Waals surface area contributed by atoms with Gasteiger partial charge in [0.2, 0.25) is 0 Å². The lowest BCUT2D eigenvalue weighted by Crippen LogP contribution is -2.10. The topological polar surface area (TPSA) is 20.2 Å². The van der Waals surface area contributed by atoms with E-state index in [1.54, 1.807) is 6.08 Å². The van der Waals surface area contributed by atoms with E-state index in [1.807, 2.05) is 13.0 Å². The number of rotatable bonds is 2. The van der Waals surface area contributed by atoms with E-state index in [1.165, 1.54) is 25.7 Å². The molecule has 0 aromatic heterocycles. The van der Waals surface area contributed by atoms with Gasteiger partial charge in [0.1, 0.15) is 5.76 Å². The summed E-state index contributed by atoms with van der Waals surface area (Å²) in [5, 5.41) is 9.21. The molecular formula is C12H20O. The van der Waals surface area contributed by atoms with Gasteiger partial charge in [0.25, 0.3) is 0 Å². The second-order valence-corrected chi connectivity index (χ2v) is 4.09.